The topological polar surface area (TPSA) is 70.8 Å². The van der Waals surface area contributed by atoms with Gasteiger partial charge in [-0.05, 0) is 38.1 Å². The van der Waals surface area contributed by atoms with Gasteiger partial charge in [0.1, 0.15) is 17.3 Å². The Labute approximate surface area is 122 Å². The van der Waals surface area contributed by atoms with E-state index in [0.29, 0.717) is 24.0 Å². The normalized spacial score (nSPS) is 10.2. The van der Waals surface area contributed by atoms with Gasteiger partial charge in [0.25, 0.3) is 0 Å². The number of carbonyl (C=O) groups is 1. The second-order valence-electron chi connectivity index (χ2n) is 4.22. The number of aryl methyl sites for hydroxylation is 1. The van der Waals surface area contributed by atoms with Gasteiger partial charge in [-0.25, -0.2) is 9.78 Å². The summed E-state index contributed by atoms with van der Waals surface area (Å²) in [5.74, 6) is 1.88. The van der Waals surface area contributed by atoms with Gasteiger partial charge in [-0.15, -0.1) is 0 Å². The molecule has 2 rings (SSSR count). The number of rotatable bonds is 7. The molecule has 0 radical (unpaired) electrons. The first-order valence-electron chi connectivity index (χ1n) is 6.60. The Hall–Kier alpha value is -2.50. The van der Waals surface area contributed by atoms with Crippen LogP contribution in [0.2, 0.25) is 0 Å². The zero-order valence-corrected chi connectivity index (χ0v) is 12.0. The van der Waals surface area contributed by atoms with Gasteiger partial charge in [0.05, 0.1) is 12.8 Å². The predicted octanol–water partition coefficient (Wildman–Crippen LogP) is 2.50. The van der Waals surface area contributed by atoms with Crippen LogP contribution in [0.5, 0.6) is 11.5 Å². The summed E-state index contributed by atoms with van der Waals surface area (Å²) >= 11 is 0. The van der Waals surface area contributed by atoms with E-state index in [9.17, 15) is 4.79 Å². The molecular formula is C15H17NO5. The first kappa shape index (κ1) is 14.9. The molecular weight excluding hydrogens is 274 g/mol. The van der Waals surface area contributed by atoms with Crippen LogP contribution in [0.3, 0.4) is 0 Å². The van der Waals surface area contributed by atoms with Gasteiger partial charge >= 0.3 is 5.97 Å². The Balaban J connectivity index is 1.73. The SMILES string of the molecule is CCOc1ccc(OCC(=O)OCc2ncc(C)o2)cc1. The highest BCUT2D eigenvalue weighted by Crippen LogP contribution is 2.17. The molecule has 0 aliphatic carbocycles. The maximum atomic E-state index is 11.5. The number of hydrogen-bond acceptors (Lipinski definition) is 6. The van der Waals surface area contributed by atoms with E-state index in [4.69, 9.17) is 18.6 Å². The molecule has 0 aliphatic rings. The molecule has 1 aromatic carbocycles. The third kappa shape index (κ3) is 4.83. The predicted molar refractivity (Wildman–Crippen MR) is 74.1 cm³/mol. The Morgan fingerprint density at radius 1 is 1.19 bits per heavy atom. The summed E-state index contributed by atoms with van der Waals surface area (Å²) in [4.78, 5) is 15.5. The zero-order valence-electron chi connectivity index (χ0n) is 12.0. The molecule has 0 fully saturated rings. The minimum atomic E-state index is -0.486. The van der Waals surface area contributed by atoms with Crippen molar-refractivity contribution in [2.45, 2.75) is 20.5 Å². The Morgan fingerprint density at radius 2 is 1.86 bits per heavy atom. The number of oxazole rings is 1. The molecule has 0 spiro atoms. The van der Waals surface area contributed by atoms with Crippen molar-refractivity contribution in [1.29, 1.82) is 0 Å². The van der Waals surface area contributed by atoms with Crippen LogP contribution in [0, 0.1) is 6.92 Å². The fraction of sp³-hybridized carbons (Fsp3) is 0.333. The Morgan fingerprint density at radius 3 is 2.43 bits per heavy atom. The molecule has 6 heteroatoms. The first-order chi connectivity index (χ1) is 10.2. The summed E-state index contributed by atoms with van der Waals surface area (Å²) in [6.45, 7) is 4.11. The van der Waals surface area contributed by atoms with Crippen molar-refractivity contribution in [3.05, 3.63) is 42.1 Å². The quantitative estimate of drug-likeness (QED) is 0.730. The fourth-order valence-corrected chi connectivity index (χ4v) is 1.59. The number of hydrogen-bond donors (Lipinski definition) is 0. The maximum Gasteiger partial charge on any atom is 0.344 e. The standard InChI is InChI=1S/C15H17NO5/c1-3-18-12-4-6-13(7-5-12)19-10-15(17)20-9-14-16-8-11(2)21-14/h4-8H,3,9-10H2,1-2H3. The largest absolute Gasteiger partial charge is 0.494 e. The van der Waals surface area contributed by atoms with E-state index < -0.39 is 5.97 Å². The average Bonchev–Trinajstić information content (AvgIpc) is 2.90. The Kier molecular flexibility index (Phi) is 5.20. The molecule has 112 valence electrons. The lowest BCUT2D eigenvalue weighted by molar-refractivity contribution is -0.148. The number of aromatic nitrogens is 1. The summed E-state index contributed by atoms with van der Waals surface area (Å²) in [5, 5.41) is 0. The molecule has 0 saturated carbocycles. The van der Waals surface area contributed by atoms with Crippen LogP contribution in [-0.2, 0) is 16.1 Å². The molecule has 6 nitrogen and oxygen atoms in total. The molecule has 0 bridgehead atoms. The van der Waals surface area contributed by atoms with Gasteiger partial charge in [0.15, 0.2) is 13.2 Å². The number of ether oxygens (including phenoxy) is 3. The molecule has 0 unspecified atom stereocenters. The molecule has 0 N–H and O–H groups in total. The number of benzene rings is 1. The van der Waals surface area contributed by atoms with Crippen LogP contribution in [0.15, 0.2) is 34.9 Å². The molecule has 0 aliphatic heterocycles. The van der Waals surface area contributed by atoms with Gasteiger partial charge in [-0.1, -0.05) is 0 Å². The van der Waals surface area contributed by atoms with E-state index in [1.54, 1.807) is 37.4 Å². The summed E-state index contributed by atoms with van der Waals surface area (Å²) in [6.07, 6.45) is 1.57. The highest BCUT2D eigenvalue weighted by atomic mass is 16.6. The molecule has 0 amide bonds. The van der Waals surface area contributed by atoms with Gasteiger partial charge in [0, 0.05) is 0 Å². The summed E-state index contributed by atoms with van der Waals surface area (Å²) < 4.78 is 20.8. The van der Waals surface area contributed by atoms with Crippen molar-refractivity contribution >= 4 is 5.97 Å². The van der Waals surface area contributed by atoms with E-state index in [1.165, 1.54) is 0 Å². The summed E-state index contributed by atoms with van der Waals surface area (Å²) in [5.41, 5.74) is 0. The van der Waals surface area contributed by atoms with E-state index in [1.807, 2.05) is 6.92 Å². The molecule has 0 atom stereocenters. The maximum absolute atomic E-state index is 11.5. The van der Waals surface area contributed by atoms with Crippen LogP contribution in [0.1, 0.15) is 18.6 Å². The average molecular weight is 291 g/mol. The summed E-state index contributed by atoms with van der Waals surface area (Å²) in [6, 6.07) is 7.02. The van der Waals surface area contributed by atoms with Gasteiger partial charge in [-0.3, -0.25) is 0 Å². The number of nitrogens with zero attached hydrogens (tertiary/aromatic N) is 1. The number of carbonyl (C=O) groups excluding carboxylic acids is 1. The third-order valence-corrected chi connectivity index (χ3v) is 2.52. The van der Waals surface area contributed by atoms with Crippen molar-refractivity contribution in [2.24, 2.45) is 0 Å². The minimum Gasteiger partial charge on any atom is -0.494 e. The van der Waals surface area contributed by atoms with Crippen molar-refractivity contribution in [3.63, 3.8) is 0 Å². The third-order valence-electron chi connectivity index (χ3n) is 2.52. The second kappa shape index (κ2) is 7.33. The van der Waals surface area contributed by atoms with Crippen molar-refractivity contribution in [2.75, 3.05) is 13.2 Å². The van der Waals surface area contributed by atoms with E-state index in [2.05, 4.69) is 4.98 Å². The van der Waals surface area contributed by atoms with Crippen molar-refractivity contribution in [1.82, 2.24) is 4.98 Å². The molecule has 1 aromatic heterocycles. The highest BCUT2D eigenvalue weighted by Gasteiger charge is 2.08. The van der Waals surface area contributed by atoms with Crippen LogP contribution in [0.4, 0.5) is 0 Å². The lowest BCUT2D eigenvalue weighted by atomic mass is 10.3. The minimum absolute atomic E-state index is 0.000683. The van der Waals surface area contributed by atoms with Gasteiger partial charge < -0.3 is 18.6 Å². The van der Waals surface area contributed by atoms with Crippen LogP contribution < -0.4 is 9.47 Å². The highest BCUT2D eigenvalue weighted by molar-refractivity contribution is 5.71. The van der Waals surface area contributed by atoms with E-state index in [0.717, 1.165) is 5.75 Å². The number of esters is 1. The van der Waals surface area contributed by atoms with E-state index in [-0.39, 0.29) is 13.2 Å². The lowest BCUT2D eigenvalue weighted by Crippen LogP contribution is -2.14. The first-order valence-corrected chi connectivity index (χ1v) is 6.60. The molecule has 21 heavy (non-hydrogen) atoms. The van der Waals surface area contributed by atoms with Gasteiger partial charge in [0.2, 0.25) is 5.89 Å². The van der Waals surface area contributed by atoms with Crippen LogP contribution in [0.25, 0.3) is 0 Å². The molecule has 1 heterocycles. The molecule has 2 aromatic rings. The van der Waals surface area contributed by atoms with Crippen LogP contribution >= 0.6 is 0 Å². The van der Waals surface area contributed by atoms with Gasteiger partial charge in [-0.2, -0.15) is 0 Å². The molecule has 0 saturated heterocycles. The smallest absolute Gasteiger partial charge is 0.344 e. The second-order valence-corrected chi connectivity index (χ2v) is 4.22. The van der Waals surface area contributed by atoms with Crippen LogP contribution in [-0.4, -0.2) is 24.2 Å². The monoisotopic (exact) mass is 291 g/mol. The summed E-state index contributed by atoms with van der Waals surface area (Å²) in [7, 11) is 0. The fourth-order valence-electron chi connectivity index (χ4n) is 1.59. The van der Waals surface area contributed by atoms with E-state index >= 15 is 0 Å². The zero-order chi connectivity index (χ0) is 15.1. The Bertz CT molecular complexity index is 576. The lowest BCUT2D eigenvalue weighted by Gasteiger charge is -2.07. The van der Waals surface area contributed by atoms with Crippen molar-refractivity contribution < 1.29 is 23.4 Å². The van der Waals surface area contributed by atoms with Crippen molar-refractivity contribution in [3.8, 4) is 11.5 Å².